The molecular formula is C20H21N3O2. The van der Waals surface area contributed by atoms with Crippen LogP contribution in [0.3, 0.4) is 0 Å². The molecule has 0 spiro atoms. The first-order chi connectivity index (χ1) is 12.1. The molecule has 3 rings (SSSR count). The molecule has 0 aliphatic rings. The first-order valence-corrected chi connectivity index (χ1v) is 8.24. The second-order valence-corrected chi connectivity index (χ2v) is 6.06. The number of anilines is 1. The Bertz CT molecular complexity index is 824. The highest BCUT2D eigenvalue weighted by Crippen LogP contribution is 2.17. The Labute approximate surface area is 147 Å². The molecule has 5 nitrogen and oxygen atoms in total. The summed E-state index contributed by atoms with van der Waals surface area (Å²) < 4.78 is 7.19. The van der Waals surface area contributed by atoms with Crippen molar-refractivity contribution in [3.8, 4) is 5.75 Å². The molecule has 25 heavy (non-hydrogen) atoms. The number of carbonyl (C=O) groups is 1. The third kappa shape index (κ3) is 4.47. The zero-order valence-electron chi connectivity index (χ0n) is 14.3. The minimum Gasteiger partial charge on any atom is -0.471 e. The normalized spacial score (nSPS) is 10.7. The molecule has 1 heterocycles. The summed E-state index contributed by atoms with van der Waals surface area (Å²) in [6.45, 7) is 4.52. The largest absolute Gasteiger partial charge is 0.471 e. The van der Waals surface area contributed by atoms with E-state index < -0.39 is 0 Å². The number of amides is 1. The minimum atomic E-state index is -0.240. The molecule has 0 atom stereocenters. The number of nitrogens with one attached hydrogen (secondary N) is 1. The molecule has 0 saturated heterocycles. The highest BCUT2D eigenvalue weighted by atomic mass is 16.5. The summed E-state index contributed by atoms with van der Waals surface area (Å²) in [6, 6.07) is 19.0. The predicted octanol–water partition coefficient (Wildman–Crippen LogP) is 4.30. The van der Waals surface area contributed by atoms with Crippen molar-refractivity contribution in [2.45, 2.75) is 26.5 Å². The standard InChI is InChI=1S/C20H21N3O2/c1-15(2)16-8-10-17(11-9-16)21-20(24)19-12-13-23(22-19)14-25-18-6-4-3-5-7-18/h3-13,15H,14H2,1-2H3,(H,21,24). The number of hydrogen-bond donors (Lipinski definition) is 1. The number of para-hydroxylation sites is 1. The van der Waals surface area contributed by atoms with Crippen LogP contribution >= 0.6 is 0 Å². The second kappa shape index (κ2) is 7.66. The van der Waals surface area contributed by atoms with Gasteiger partial charge in [0.2, 0.25) is 0 Å². The van der Waals surface area contributed by atoms with Gasteiger partial charge in [0.15, 0.2) is 12.4 Å². The minimum absolute atomic E-state index is 0.240. The number of aromatic nitrogens is 2. The topological polar surface area (TPSA) is 56.2 Å². The van der Waals surface area contributed by atoms with E-state index in [-0.39, 0.29) is 12.6 Å². The predicted molar refractivity (Wildman–Crippen MR) is 97.8 cm³/mol. The highest BCUT2D eigenvalue weighted by molar-refractivity contribution is 6.02. The van der Waals surface area contributed by atoms with Crippen LogP contribution in [0.2, 0.25) is 0 Å². The van der Waals surface area contributed by atoms with Gasteiger partial charge in [-0.05, 0) is 41.8 Å². The van der Waals surface area contributed by atoms with Gasteiger partial charge < -0.3 is 10.1 Å². The molecule has 0 aliphatic heterocycles. The molecule has 1 N–H and O–H groups in total. The lowest BCUT2D eigenvalue weighted by Crippen LogP contribution is -2.14. The molecule has 0 bridgehead atoms. The van der Waals surface area contributed by atoms with Gasteiger partial charge in [-0.15, -0.1) is 0 Å². The van der Waals surface area contributed by atoms with Gasteiger partial charge in [-0.25, -0.2) is 4.68 Å². The first kappa shape index (κ1) is 16.8. The van der Waals surface area contributed by atoms with Gasteiger partial charge in [0.25, 0.3) is 5.91 Å². The molecule has 128 valence electrons. The van der Waals surface area contributed by atoms with Crippen molar-refractivity contribution in [1.29, 1.82) is 0 Å². The van der Waals surface area contributed by atoms with Crippen LogP contribution in [0, 0.1) is 0 Å². The van der Waals surface area contributed by atoms with Crippen molar-refractivity contribution in [3.63, 3.8) is 0 Å². The van der Waals surface area contributed by atoms with Crippen LogP contribution in [-0.2, 0) is 6.73 Å². The number of hydrogen-bond acceptors (Lipinski definition) is 3. The van der Waals surface area contributed by atoms with Crippen LogP contribution in [-0.4, -0.2) is 15.7 Å². The van der Waals surface area contributed by atoms with E-state index in [0.29, 0.717) is 11.6 Å². The Morgan fingerprint density at radius 2 is 1.80 bits per heavy atom. The Kier molecular flexibility index (Phi) is 5.14. The number of benzene rings is 2. The van der Waals surface area contributed by atoms with E-state index in [9.17, 15) is 4.79 Å². The van der Waals surface area contributed by atoms with Crippen LogP contribution in [0.25, 0.3) is 0 Å². The molecule has 0 unspecified atom stereocenters. The molecule has 0 radical (unpaired) electrons. The van der Waals surface area contributed by atoms with Gasteiger partial charge in [-0.3, -0.25) is 4.79 Å². The Balaban J connectivity index is 1.58. The number of rotatable bonds is 6. The average Bonchev–Trinajstić information content (AvgIpc) is 3.10. The lowest BCUT2D eigenvalue weighted by molar-refractivity contribution is 0.102. The molecule has 2 aromatic carbocycles. The van der Waals surface area contributed by atoms with Crippen LogP contribution in [0.1, 0.15) is 35.8 Å². The van der Waals surface area contributed by atoms with Crippen molar-refractivity contribution in [2.24, 2.45) is 0 Å². The molecule has 5 heteroatoms. The molecule has 1 aromatic heterocycles. The van der Waals surface area contributed by atoms with Crippen LogP contribution < -0.4 is 10.1 Å². The maximum atomic E-state index is 12.3. The van der Waals surface area contributed by atoms with Crippen LogP contribution in [0.5, 0.6) is 5.75 Å². The summed E-state index contributed by atoms with van der Waals surface area (Å²) in [7, 11) is 0. The van der Waals surface area contributed by atoms with E-state index >= 15 is 0 Å². The van der Waals surface area contributed by atoms with Crippen molar-refractivity contribution in [1.82, 2.24) is 9.78 Å². The van der Waals surface area contributed by atoms with E-state index in [1.165, 1.54) is 5.56 Å². The van der Waals surface area contributed by atoms with E-state index in [1.807, 2.05) is 54.6 Å². The molecule has 0 aliphatic carbocycles. The van der Waals surface area contributed by atoms with E-state index in [2.05, 4.69) is 24.3 Å². The Morgan fingerprint density at radius 3 is 2.48 bits per heavy atom. The van der Waals surface area contributed by atoms with E-state index in [1.54, 1.807) is 16.9 Å². The van der Waals surface area contributed by atoms with Crippen molar-refractivity contribution >= 4 is 11.6 Å². The lowest BCUT2D eigenvalue weighted by Gasteiger charge is -2.08. The van der Waals surface area contributed by atoms with Gasteiger partial charge in [-0.1, -0.05) is 44.2 Å². The van der Waals surface area contributed by atoms with Gasteiger partial charge >= 0.3 is 0 Å². The van der Waals surface area contributed by atoms with Crippen molar-refractivity contribution in [3.05, 3.63) is 78.1 Å². The summed E-state index contributed by atoms with van der Waals surface area (Å²) in [5, 5.41) is 7.10. The summed E-state index contributed by atoms with van der Waals surface area (Å²) >= 11 is 0. The quantitative estimate of drug-likeness (QED) is 0.731. The number of ether oxygens (including phenoxy) is 1. The number of carbonyl (C=O) groups excluding carboxylic acids is 1. The monoisotopic (exact) mass is 335 g/mol. The van der Waals surface area contributed by atoms with Crippen molar-refractivity contribution < 1.29 is 9.53 Å². The van der Waals surface area contributed by atoms with Gasteiger partial charge in [0, 0.05) is 11.9 Å². The SMILES string of the molecule is CC(C)c1ccc(NC(=O)c2ccn(COc3ccccc3)n2)cc1. The van der Waals surface area contributed by atoms with Crippen LogP contribution in [0.15, 0.2) is 66.9 Å². The molecular weight excluding hydrogens is 314 g/mol. The maximum absolute atomic E-state index is 12.3. The van der Waals surface area contributed by atoms with Gasteiger partial charge in [0.1, 0.15) is 5.75 Å². The first-order valence-electron chi connectivity index (χ1n) is 8.24. The third-order valence-electron chi connectivity index (χ3n) is 3.82. The fraction of sp³-hybridized carbons (Fsp3) is 0.200. The van der Waals surface area contributed by atoms with E-state index in [4.69, 9.17) is 4.74 Å². The Morgan fingerprint density at radius 1 is 1.08 bits per heavy atom. The molecule has 0 fully saturated rings. The zero-order valence-corrected chi connectivity index (χ0v) is 14.3. The fourth-order valence-electron chi connectivity index (χ4n) is 2.36. The molecule has 1 amide bonds. The Hall–Kier alpha value is -3.08. The second-order valence-electron chi connectivity index (χ2n) is 6.06. The summed E-state index contributed by atoms with van der Waals surface area (Å²) in [5.74, 6) is 0.982. The molecule has 3 aromatic rings. The summed E-state index contributed by atoms with van der Waals surface area (Å²) in [5.41, 5.74) is 2.34. The zero-order chi connectivity index (χ0) is 17.6. The van der Waals surface area contributed by atoms with Crippen molar-refractivity contribution in [2.75, 3.05) is 5.32 Å². The lowest BCUT2D eigenvalue weighted by atomic mass is 10.0. The third-order valence-corrected chi connectivity index (χ3v) is 3.82. The maximum Gasteiger partial charge on any atom is 0.276 e. The molecule has 0 saturated carbocycles. The smallest absolute Gasteiger partial charge is 0.276 e. The highest BCUT2D eigenvalue weighted by Gasteiger charge is 2.10. The van der Waals surface area contributed by atoms with Gasteiger partial charge in [-0.2, -0.15) is 5.10 Å². The van der Waals surface area contributed by atoms with E-state index in [0.717, 1.165) is 11.4 Å². The number of nitrogens with zero attached hydrogens (tertiary/aromatic N) is 2. The summed E-state index contributed by atoms with van der Waals surface area (Å²) in [6.07, 6.45) is 1.72. The van der Waals surface area contributed by atoms with Gasteiger partial charge in [0.05, 0.1) is 0 Å². The summed E-state index contributed by atoms with van der Waals surface area (Å²) in [4.78, 5) is 12.3. The fourth-order valence-corrected chi connectivity index (χ4v) is 2.36. The van der Waals surface area contributed by atoms with Crippen LogP contribution in [0.4, 0.5) is 5.69 Å². The average molecular weight is 335 g/mol.